The molecule has 1 aliphatic carbocycles. The van der Waals surface area contributed by atoms with Gasteiger partial charge in [-0.05, 0) is 30.4 Å². The molecular weight excluding hydrogens is 269 g/mol. The van der Waals surface area contributed by atoms with Gasteiger partial charge in [0.2, 0.25) is 5.91 Å². The Bertz CT molecular complexity index is 478. The standard InChI is InChI=1S/C17H24FNO2/c1-12(14-7-3-4-8-15(14)18)10-17(21)19-16-9-5-2-6-13(16)11-20/h3-4,7-8,12-13,16,20H,2,5-6,9-11H2,1H3,(H,19,21). The second kappa shape index (κ2) is 7.55. The van der Waals surface area contributed by atoms with Crippen molar-refractivity contribution < 1.29 is 14.3 Å². The number of aliphatic hydroxyl groups is 1. The normalized spacial score (nSPS) is 23.6. The summed E-state index contributed by atoms with van der Waals surface area (Å²) in [7, 11) is 0. The number of nitrogens with one attached hydrogen (secondary N) is 1. The minimum atomic E-state index is -0.260. The molecule has 0 aromatic heterocycles. The zero-order valence-corrected chi connectivity index (χ0v) is 12.5. The van der Waals surface area contributed by atoms with Gasteiger partial charge in [0, 0.05) is 25.0 Å². The van der Waals surface area contributed by atoms with E-state index in [1.807, 2.05) is 6.92 Å². The highest BCUT2D eigenvalue weighted by atomic mass is 19.1. The molecular formula is C17H24FNO2. The number of benzene rings is 1. The molecule has 1 aliphatic rings. The molecule has 1 aromatic rings. The van der Waals surface area contributed by atoms with Crippen molar-refractivity contribution in [1.29, 1.82) is 0 Å². The Morgan fingerprint density at radius 1 is 1.38 bits per heavy atom. The van der Waals surface area contributed by atoms with Crippen LogP contribution in [0.25, 0.3) is 0 Å². The lowest BCUT2D eigenvalue weighted by Gasteiger charge is -2.31. The molecule has 0 spiro atoms. The largest absolute Gasteiger partial charge is 0.396 e. The Kier molecular flexibility index (Phi) is 5.74. The van der Waals surface area contributed by atoms with Gasteiger partial charge in [-0.3, -0.25) is 4.79 Å². The van der Waals surface area contributed by atoms with E-state index in [0.29, 0.717) is 5.56 Å². The SMILES string of the molecule is CC(CC(=O)NC1CCCCC1CO)c1ccccc1F. The lowest BCUT2D eigenvalue weighted by molar-refractivity contribution is -0.122. The maximum absolute atomic E-state index is 13.7. The van der Waals surface area contributed by atoms with Crippen LogP contribution >= 0.6 is 0 Å². The van der Waals surface area contributed by atoms with Gasteiger partial charge >= 0.3 is 0 Å². The molecule has 3 atom stereocenters. The lowest BCUT2D eigenvalue weighted by atomic mass is 9.85. The third-order valence-electron chi connectivity index (χ3n) is 4.42. The monoisotopic (exact) mass is 293 g/mol. The van der Waals surface area contributed by atoms with Gasteiger partial charge in [-0.25, -0.2) is 4.39 Å². The summed E-state index contributed by atoms with van der Waals surface area (Å²) in [6.45, 7) is 1.98. The summed E-state index contributed by atoms with van der Waals surface area (Å²) in [5.74, 6) is -0.311. The number of halogens is 1. The average Bonchev–Trinajstić information content (AvgIpc) is 2.48. The topological polar surface area (TPSA) is 49.3 Å². The van der Waals surface area contributed by atoms with Crippen LogP contribution in [0.15, 0.2) is 24.3 Å². The molecule has 3 nitrogen and oxygen atoms in total. The third kappa shape index (κ3) is 4.27. The summed E-state index contributed by atoms with van der Waals surface area (Å²) in [5.41, 5.74) is 0.579. The second-order valence-corrected chi connectivity index (χ2v) is 6.03. The fourth-order valence-corrected chi connectivity index (χ4v) is 3.14. The van der Waals surface area contributed by atoms with Crippen LogP contribution in [0.1, 0.15) is 50.5 Å². The Hall–Kier alpha value is -1.42. The number of amides is 1. The maximum atomic E-state index is 13.7. The number of aliphatic hydroxyl groups excluding tert-OH is 1. The van der Waals surface area contributed by atoms with Crippen LogP contribution in [0.5, 0.6) is 0 Å². The van der Waals surface area contributed by atoms with Crippen molar-refractivity contribution in [2.75, 3.05) is 6.61 Å². The molecule has 0 saturated heterocycles. The smallest absolute Gasteiger partial charge is 0.220 e. The van der Waals surface area contributed by atoms with Crippen LogP contribution in [0.3, 0.4) is 0 Å². The number of hydrogen-bond acceptors (Lipinski definition) is 2. The van der Waals surface area contributed by atoms with Crippen molar-refractivity contribution in [3.8, 4) is 0 Å². The molecule has 116 valence electrons. The van der Waals surface area contributed by atoms with E-state index in [1.54, 1.807) is 18.2 Å². The van der Waals surface area contributed by atoms with Gasteiger partial charge in [0.05, 0.1) is 0 Å². The molecule has 21 heavy (non-hydrogen) atoms. The molecule has 1 saturated carbocycles. The van der Waals surface area contributed by atoms with E-state index in [1.165, 1.54) is 6.07 Å². The molecule has 0 radical (unpaired) electrons. The minimum Gasteiger partial charge on any atom is -0.396 e. The van der Waals surface area contributed by atoms with E-state index in [4.69, 9.17) is 0 Å². The van der Waals surface area contributed by atoms with Crippen molar-refractivity contribution in [3.63, 3.8) is 0 Å². The molecule has 0 heterocycles. The summed E-state index contributed by atoms with van der Waals surface area (Å²) < 4.78 is 13.7. The van der Waals surface area contributed by atoms with Crippen molar-refractivity contribution in [3.05, 3.63) is 35.6 Å². The first-order valence-corrected chi connectivity index (χ1v) is 7.76. The Morgan fingerprint density at radius 3 is 2.81 bits per heavy atom. The fraction of sp³-hybridized carbons (Fsp3) is 0.588. The molecule has 2 rings (SSSR count). The highest BCUT2D eigenvalue weighted by Crippen LogP contribution is 2.25. The van der Waals surface area contributed by atoms with E-state index >= 15 is 0 Å². The van der Waals surface area contributed by atoms with Crippen molar-refractivity contribution >= 4 is 5.91 Å². The summed E-state index contributed by atoms with van der Waals surface area (Å²) in [6.07, 6.45) is 4.36. The minimum absolute atomic E-state index is 0.0592. The molecule has 1 aromatic carbocycles. The lowest BCUT2D eigenvalue weighted by Crippen LogP contribution is -2.43. The van der Waals surface area contributed by atoms with E-state index in [-0.39, 0.29) is 42.6 Å². The molecule has 2 N–H and O–H groups in total. The van der Waals surface area contributed by atoms with Crippen LogP contribution in [-0.4, -0.2) is 23.7 Å². The van der Waals surface area contributed by atoms with Crippen molar-refractivity contribution in [1.82, 2.24) is 5.32 Å². The highest BCUT2D eigenvalue weighted by Gasteiger charge is 2.26. The number of carbonyl (C=O) groups excluding carboxylic acids is 1. The van der Waals surface area contributed by atoms with Crippen LogP contribution in [0.2, 0.25) is 0 Å². The van der Waals surface area contributed by atoms with Gasteiger partial charge in [0.1, 0.15) is 5.82 Å². The van der Waals surface area contributed by atoms with E-state index < -0.39 is 0 Å². The first-order valence-electron chi connectivity index (χ1n) is 7.76. The van der Waals surface area contributed by atoms with Gasteiger partial charge < -0.3 is 10.4 Å². The fourth-order valence-electron chi connectivity index (χ4n) is 3.14. The second-order valence-electron chi connectivity index (χ2n) is 6.03. The summed E-state index contributed by atoms with van der Waals surface area (Å²) in [6, 6.07) is 6.65. The molecule has 1 fully saturated rings. The van der Waals surface area contributed by atoms with Crippen molar-refractivity contribution in [2.24, 2.45) is 5.92 Å². The molecule has 0 aliphatic heterocycles. The van der Waals surface area contributed by atoms with E-state index in [2.05, 4.69) is 5.32 Å². The first kappa shape index (κ1) is 16.0. The number of hydrogen-bond donors (Lipinski definition) is 2. The quantitative estimate of drug-likeness (QED) is 0.877. The van der Waals surface area contributed by atoms with Gasteiger partial charge in [0.15, 0.2) is 0 Å². The third-order valence-corrected chi connectivity index (χ3v) is 4.42. The van der Waals surface area contributed by atoms with Crippen molar-refractivity contribution in [2.45, 2.75) is 51.0 Å². The summed E-state index contributed by atoms with van der Waals surface area (Å²) in [5, 5.41) is 12.4. The van der Waals surface area contributed by atoms with E-state index in [9.17, 15) is 14.3 Å². The maximum Gasteiger partial charge on any atom is 0.220 e. The van der Waals surface area contributed by atoms with Crippen LogP contribution in [0, 0.1) is 11.7 Å². The summed E-state index contributed by atoms with van der Waals surface area (Å²) in [4.78, 5) is 12.2. The predicted octanol–water partition coefficient (Wildman–Crippen LogP) is 2.99. The molecule has 0 bridgehead atoms. The zero-order chi connectivity index (χ0) is 15.2. The molecule has 4 heteroatoms. The number of carbonyl (C=O) groups is 1. The van der Waals surface area contributed by atoms with Gasteiger partial charge in [0.25, 0.3) is 0 Å². The number of rotatable bonds is 5. The Morgan fingerprint density at radius 2 is 2.10 bits per heavy atom. The summed E-state index contributed by atoms with van der Waals surface area (Å²) >= 11 is 0. The van der Waals surface area contributed by atoms with Gasteiger partial charge in [-0.2, -0.15) is 0 Å². The Labute approximate surface area is 125 Å². The Balaban J connectivity index is 1.90. The average molecular weight is 293 g/mol. The van der Waals surface area contributed by atoms with Crippen LogP contribution in [-0.2, 0) is 4.79 Å². The van der Waals surface area contributed by atoms with Crippen LogP contribution in [0.4, 0.5) is 4.39 Å². The van der Waals surface area contributed by atoms with E-state index in [0.717, 1.165) is 25.7 Å². The predicted molar refractivity (Wildman–Crippen MR) is 80.4 cm³/mol. The highest BCUT2D eigenvalue weighted by molar-refractivity contribution is 5.77. The van der Waals surface area contributed by atoms with Gasteiger partial charge in [-0.1, -0.05) is 38.0 Å². The van der Waals surface area contributed by atoms with Crippen LogP contribution < -0.4 is 5.32 Å². The van der Waals surface area contributed by atoms with Gasteiger partial charge in [-0.15, -0.1) is 0 Å². The molecule has 1 amide bonds. The first-order chi connectivity index (χ1) is 10.1. The molecule has 3 unspecified atom stereocenters. The zero-order valence-electron chi connectivity index (χ0n) is 12.5.